The van der Waals surface area contributed by atoms with Crippen molar-refractivity contribution in [3.05, 3.63) is 60.8 Å². The fourth-order valence-electron chi connectivity index (χ4n) is 0.869. The van der Waals surface area contributed by atoms with E-state index in [2.05, 4.69) is 18.2 Å². The van der Waals surface area contributed by atoms with Gasteiger partial charge in [0.05, 0.1) is 0 Å². The van der Waals surface area contributed by atoms with E-state index >= 15 is 0 Å². The SMILES string of the molecule is [C]1=CC=CC=CC=CC=CCC1. The third kappa shape index (κ3) is 4.51. The molecule has 1 aliphatic carbocycles. The lowest BCUT2D eigenvalue weighted by Gasteiger charge is -1.84. The van der Waals surface area contributed by atoms with Gasteiger partial charge in [-0.2, -0.15) is 0 Å². The van der Waals surface area contributed by atoms with E-state index in [1.165, 1.54) is 0 Å². The predicted molar refractivity (Wildman–Crippen MR) is 53.6 cm³/mol. The van der Waals surface area contributed by atoms with E-state index in [9.17, 15) is 0 Å². The fraction of sp³-hybridized carbons (Fsp3) is 0.167. The van der Waals surface area contributed by atoms with Gasteiger partial charge in [-0.3, -0.25) is 0 Å². The summed E-state index contributed by atoms with van der Waals surface area (Å²) in [5, 5.41) is 0. The number of hydrogen-bond donors (Lipinski definition) is 0. The van der Waals surface area contributed by atoms with Gasteiger partial charge in [-0.05, 0) is 18.9 Å². The monoisotopic (exact) mass is 157 g/mol. The highest BCUT2D eigenvalue weighted by molar-refractivity contribution is 5.17. The van der Waals surface area contributed by atoms with E-state index in [0.717, 1.165) is 12.8 Å². The first-order valence-corrected chi connectivity index (χ1v) is 4.22. The van der Waals surface area contributed by atoms with Crippen molar-refractivity contribution in [2.45, 2.75) is 12.8 Å². The number of hydrogen-bond acceptors (Lipinski definition) is 0. The fourth-order valence-corrected chi connectivity index (χ4v) is 0.869. The summed E-state index contributed by atoms with van der Waals surface area (Å²) in [5.41, 5.74) is 0. The minimum atomic E-state index is 0.998. The molecule has 0 bridgehead atoms. The van der Waals surface area contributed by atoms with Crippen LogP contribution in [0.2, 0.25) is 0 Å². The van der Waals surface area contributed by atoms with E-state index in [1.807, 2.05) is 42.5 Å². The third-order valence-corrected chi connectivity index (χ3v) is 1.47. The maximum absolute atomic E-state index is 3.18. The van der Waals surface area contributed by atoms with E-state index in [0.29, 0.717) is 0 Å². The smallest absolute Gasteiger partial charge is 0.0241 e. The van der Waals surface area contributed by atoms with Gasteiger partial charge in [0, 0.05) is 0 Å². The Morgan fingerprint density at radius 1 is 0.750 bits per heavy atom. The van der Waals surface area contributed by atoms with Gasteiger partial charge in [0.2, 0.25) is 0 Å². The Hall–Kier alpha value is -1.30. The molecule has 1 radical (unpaired) electrons. The minimum absolute atomic E-state index is 0.998. The molecular formula is C12H13. The molecule has 0 spiro atoms. The second kappa shape index (κ2) is 6.41. The van der Waals surface area contributed by atoms with Crippen LogP contribution in [0, 0.1) is 6.08 Å². The molecule has 1 rings (SSSR count). The van der Waals surface area contributed by atoms with Gasteiger partial charge in [-0.1, -0.05) is 54.7 Å². The average molecular weight is 157 g/mol. The van der Waals surface area contributed by atoms with E-state index in [4.69, 9.17) is 0 Å². The Morgan fingerprint density at radius 2 is 1.42 bits per heavy atom. The summed E-state index contributed by atoms with van der Waals surface area (Å²) in [6.45, 7) is 0. The van der Waals surface area contributed by atoms with Crippen LogP contribution in [0.25, 0.3) is 0 Å². The van der Waals surface area contributed by atoms with Gasteiger partial charge in [-0.15, -0.1) is 0 Å². The first-order chi connectivity index (χ1) is 6.00. The Labute approximate surface area is 74.3 Å². The van der Waals surface area contributed by atoms with Crippen LogP contribution in [-0.4, -0.2) is 0 Å². The lowest BCUT2D eigenvalue weighted by atomic mass is 10.2. The molecule has 0 saturated heterocycles. The molecule has 0 aromatic rings. The highest BCUT2D eigenvalue weighted by Crippen LogP contribution is 1.94. The molecular weight excluding hydrogens is 144 g/mol. The summed E-state index contributed by atoms with van der Waals surface area (Å²) in [6.07, 6.45) is 23.5. The van der Waals surface area contributed by atoms with E-state index < -0.39 is 0 Å². The van der Waals surface area contributed by atoms with Gasteiger partial charge in [0.15, 0.2) is 0 Å². The first kappa shape index (κ1) is 8.79. The Morgan fingerprint density at radius 3 is 2.25 bits per heavy atom. The van der Waals surface area contributed by atoms with Crippen LogP contribution in [0.15, 0.2) is 54.7 Å². The quantitative estimate of drug-likeness (QED) is 0.505. The predicted octanol–water partition coefficient (Wildman–Crippen LogP) is 3.36. The van der Waals surface area contributed by atoms with Crippen molar-refractivity contribution >= 4 is 0 Å². The molecule has 1 aliphatic rings. The Bertz CT molecular complexity index is 211. The molecule has 0 saturated carbocycles. The topological polar surface area (TPSA) is 0 Å². The normalized spacial score (nSPS) is 17.3. The molecule has 0 amide bonds. The summed E-state index contributed by atoms with van der Waals surface area (Å²) >= 11 is 0. The zero-order valence-electron chi connectivity index (χ0n) is 7.11. The number of allylic oxidation sites excluding steroid dienone is 10. The van der Waals surface area contributed by atoms with E-state index in [1.54, 1.807) is 0 Å². The molecule has 0 nitrogen and oxygen atoms in total. The van der Waals surface area contributed by atoms with E-state index in [-0.39, 0.29) is 0 Å². The van der Waals surface area contributed by atoms with Crippen LogP contribution in [-0.2, 0) is 0 Å². The van der Waals surface area contributed by atoms with Crippen molar-refractivity contribution in [3.8, 4) is 0 Å². The van der Waals surface area contributed by atoms with Crippen molar-refractivity contribution in [3.63, 3.8) is 0 Å². The molecule has 0 aromatic carbocycles. The van der Waals surface area contributed by atoms with Crippen LogP contribution in [0.1, 0.15) is 12.8 Å². The average Bonchev–Trinajstić information content (AvgIpc) is 2.05. The molecule has 0 aliphatic heterocycles. The highest BCUT2D eigenvalue weighted by Gasteiger charge is 1.75. The Balaban J connectivity index is 2.55. The van der Waals surface area contributed by atoms with Crippen LogP contribution < -0.4 is 0 Å². The second-order valence-electron chi connectivity index (χ2n) is 2.49. The standard InChI is InChI=1S/C12H13/c1-2-4-6-8-10-12-11-9-7-5-3-1/h1-9H,10,12H2. The second-order valence-corrected chi connectivity index (χ2v) is 2.49. The zero-order valence-corrected chi connectivity index (χ0v) is 7.11. The van der Waals surface area contributed by atoms with Gasteiger partial charge in [0.1, 0.15) is 0 Å². The maximum Gasteiger partial charge on any atom is -0.0241 e. The highest BCUT2D eigenvalue weighted by atomic mass is 13.8. The largest absolute Gasteiger partial charge is 0.0842 e. The van der Waals surface area contributed by atoms with Gasteiger partial charge in [-0.25, -0.2) is 0 Å². The Kier molecular flexibility index (Phi) is 4.70. The third-order valence-electron chi connectivity index (χ3n) is 1.47. The lowest BCUT2D eigenvalue weighted by Crippen LogP contribution is -1.65. The van der Waals surface area contributed by atoms with Crippen molar-refractivity contribution < 1.29 is 0 Å². The van der Waals surface area contributed by atoms with Crippen LogP contribution in [0.3, 0.4) is 0 Å². The van der Waals surface area contributed by atoms with Crippen molar-refractivity contribution in [1.82, 2.24) is 0 Å². The summed E-state index contributed by atoms with van der Waals surface area (Å²) in [4.78, 5) is 0. The molecule has 0 heteroatoms. The van der Waals surface area contributed by atoms with Gasteiger partial charge in [0.25, 0.3) is 0 Å². The molecule has 12 heavy (non-hydrogen) atoms. The molecule has 0 N–H and O–H groups in total. The summed E-state index contributed by atoms with van der Waals surface area (Å²) in [7, 11) is 0. The molecule has 0 atom stereocenters. The van der Waals surface area contributed by atoms with Crippen molar-refractivity contribution in [2.75, 3.05) is 0 Å². The van der Waals surface area contributed by atoms with Crippen LogP contribution >= 0.6 is 0 Å². The molecule has 61 valence electrons. The molecule has 0 fully saturated rings. The lowest BCUT2D eigenvalue weighted by molar-refractivity contribution is 1.03. The molecule has 0 unspecified atom stereocenters. The summed E-state index contributed by atoms with van der Waals surface area (Å²) in [5.74, 6) is 0. The molecule has 0 aromatic heterocycles. The van der Waals surface area contributed by atoms with Crippen LogP contribution in [0.4, 0.5) is 0 Å². The summed E-state index contributed by atoms with van der Waals surface area (Å²) in [6, 6.07) is 0. The maximum atomic E-state index is 3.18. The summed E-state index contributed by atoms with van der Waals surface area (Å²) < 4.78 is 0. The minimum Gasteiger partial charge on any atom is -0.0842 e. The van der Waals surface area contributed by atoms with Crippen LogP contribution in [0.5, 0.6) is 0 Å². The van der Waals surface area contributed by atoms with Gasteiger partial charge < -0.3 is 0 Å². The first-order valence-electron chi connectivity index (χ1n) is 4.22. The zero-order chi connectivity index (χ0) is 8.49. The molecule has 0 heterocycles. The van der Waals surface area contributed by atoms with Crippen molar-refractivity contribution in [1.29, 1.82) is 0 Å². The van der Waals surface area contributed by atoms with Gasteiger partial charge >= 0.3 is 0 Å². The van der Waals surface area contributed by atoms with Crippen molar-refractivity contribution in [2.24, 2.45) is 0 Å². The number of rotatable bonds is 0.